The van der Waals surface area contributed by atoms with Crippen molar-refractivity contribution in [2.24, 2.45) is 0 Å². The predicted octanol–water partition coefficient (Wildman–Crippen LogP) is 3.82. The van der Waals surface area contributed by atoms with Crippen molar-refractivity contribution in [3.8, 4) is 28.7 Å². The van der Waals surface area contributed by atoms with E-state index in [0.29, 0.717) is 0 Å². The SMILES string of the molecule is Cc1cc2n(n1)[N+]13c4c(ccc5c4-n4c6c(cncc6c6ccc[n+]1c64)S5)Oc1cccc-2[n+]13. The van der Waals surface area contributed by atoms with Crippen LogP contribution in [-0.2, 0) is 0 Å². The second-order valence-electron chi connectivity index (χ2n) is 9.11. The highest BCUT2D eigenvalue weighted by atomic mass is 32.2. The van der Waals surface area contributed by atoms with Crippen LogP contribution in [0.4, 0.5) is 5.69 Å². The summed E-state index contributed by atoms with van der Waals surface area (Å²) in [6.45, 7) is 2.06. The van der Waals surface area contributed by atoms with Crippen LogP contribution < -0.4 is 18.9 Å². The van der Waals surface area contributed by atoms with Gasteiger partial charge in [-0.15, -0.1) is 5.10 Å². The molecule has 1 aromatic carbocycles. The van der Waals surface area contributed by atoms with Crippen LogP contribution in [0.1, 0.15) is 5.69 Å². The number of aryl methyl sites for hydroxylation is 1. The maximum absolute atomic E-state index is 6.57. The number of benzene rings is 1. The molecule has 6 aromatic rings. The third kappa shape index (κ3) is 1.41. The molecule has 5 aromatic heterocycles. The molecular weight excluding hydrogens is 446 g/mol. The van der Waals surface area contributed by atoms with Crippen LogP contribution in [-0.4, -0.2) is 19.4 Å². The van der Waals surface area contributed by atoms with Crippen molar-refractivity contribution in [3.05, 3.63) is 72.8 Å². The average Bonchev–Trinajstić information content (AvgIpc) is 3.49. The lowest BCUT2D eigenvalue weighted by molar-refractivity contribution is -1.05. The number of nitrogens with zero attached hydrogens (tertiary/aromatic N) is 7. The Balaban J connectivity index is 1.59. The molecule has 1 unspecified atom stereocenters. The number of hydrogen-bond acceptors (Lipinski definition) is 4. The zero-order valence-corrected chi connectivity index (χ0v) is 18.6. The van der Waals surface area contributed by atoms with Gasteiger partial charge in [0.05, 0.1) is 32.3 Å². The highest BCUT2D eigenvalue weighted by Crippen LogP contribution is 2.56. The van der Waals surface area contributed by atoms with Crippen LogP contribution in [0.25, 0.3) is 39.0 Å². The fraction of sp³-hybridized carbons (Fsp3) is 0.0400. The molecule has 0 amide bonds. The van der Waals surface area contributed by atoms with Gasteiger partial charge in [0.25, 0.3) is 0 Å². The highest BCUT2D eigenvalue weighted by Gasteiger charge is 2.71. The van der Waals surface area contributed by atoms with Crippen molar-refractivity contribution in [1.82, 2.24) is 24.3 Å². The Morgan fingerprint density at radius 1 is 1.03 bits per heavy atom. The average molecular weight is 461 g/mol. The normalized spacial score (nSPS) is 19.0. The molecule has 34 heavy (non-hydrogen) atoms. The standard InChI is InChI=1S/C25H14N7OS/c1-13-10-17-16-5-2-6-21-30(16)32(31(17)27-13)24-18(33-21)7-8-19-23(24)29-22-15(11-26-12-20(22)34-19)14-4-3-9-28(32)25(14)29/h2-12H,1H3/q+3. The number of pyridine rings is 3. The topological polar surface area (TPSA) is 52.6 Å². The lowest BCUT2D eigenvalue weighted by Crippen LogP contribution is -2.88. The van der Waals surface area contributed by atoms with Crippen molar-refractivity contribution in [2.75, 3.05) is 0 Å². The van der Waals surface area contributed by atoms with Crippen LogP contribution in [0.5, 0.6) is 11.6 Å². The van der Waals surface area contributed by atoms with Gasteiger partial charge in [-0.25, -0.2) is 0 Å². The Labute approximate surface area is 196 Å². The second-order valence-corrected chi connectivity index (χ2v) is 10.2. The van der Waals surface area contributed by atoms with Gasteiger partial charge in [0.2, 0.25) is 21.9 Å². The predicted molar refractivity (Wildman–Crippen MR) is 124 cm³/mol. The zero-order valence-electron chi connectivity index (χ0n) is 17.8. The van der Waals surface area contributed by atoms with Crippen molar-refractivity contribution < 1.29 is 14.1 Å². The molecule has 0 saturated carbocycles. The molecule has 1 atom stereocenters. The number of quaternary nitrogens is 1. The third-order valence-corrected chi connectivity index (χ3v) is 8.51. The van der Waals surface area contributed by atoms with Gasteiger partial charge in [0.15, 0.2) is 11.7 Å². The van der Waals surface area contributed by atoms with E-state index in [9.17, 15) is 0 Å². The summed E-state index contributed by atoms with van der Waals surface area (Å²) < 4.78 is 13.6. The van der Waals surface area contributed by atoms with Crippen LogP contribution in [0.3, 0.4) is 0 Å². The van der Waals surface area contributed by atoms with Crippen molar-refractivity contribution >= 4 is 39.4 Å². The summed E-state index contributed by atoms with van der Waals surface area (Å²) in [5.74, 6) is 1.62. The maximum Gasteiger partial charge on any atom is 0.438 e. The lowest BCUT2D eigenvalue weighted by atomic mass is 10.2. The number of rotatable bonds is 0. The first kappa shape index (κ1) is 16.4. The molecule has 4 aliphatic heterocycles. The number of ether oxygens (including phenoxy) is 1. The molecule has 0 fully saturated rings. The summed E-state index contributed by atoms with van der Waals surface area (Å²) in [6.07, 6.45) is 6.12. The molecule has 8 nitrogen and oxygen atoms in total. The monoisotopic (exact) mass is 460 g/mol. The summed E-state index contributed by atoms with van der Waals surface area (Å²) in [4.78, 5) is 9.33. The molecule has 0 aliphatic carbocycles. The molecule has 9 heterocycles. The van der Waals surface area contributed by atoms with Gasteiger partial charge in [-0.2, -0.15) is 4.57 Å². The second kappa shape index (κ2) is 4.84. The Bertz CT molecular complexity index is 2000. The molecule has 0 N–H and O–H groups in total. The Hall–Kier alpha value is -4.21. The largest absolute Gasteiger partial charge is 0.438 e. The molecule has 158 valence electrons. The fourth-order valence-corrected chi connectivity index (χ4v) is 7.41. The number of hydrogen-bond donors (Lipinski definition) is 0. The van der Waals surface area contributed by atoms with Crippen LogP contribution >= 0.6 is 11.8 Å². The van der Waals surface area contributed by atoms with Crippen molar-refractivity contribution in [2.45, 2.75) is 16.7 Å². The van der Waals surface area contributed by atoms with E-state index in [1.807, 2.05) is 18.5 Å². The molecule has 0 bridgehead atoms. The maximum atomic E-state index is 6.57. The number of fused-ring (bicyclic) bond motifs is 3. The van der Waals surface area contributed by atoms with Gasteiger partial charge < -0.3 is 4.74 Å². The van der Waals surface area contributed by atoms with E-state index in [4.69, 9.17) is 9.84 Å². The lowest BCUT2D eigenvalue weighted by Gasteiger charge is -2.31. The minimum absolute atomic E-state index is 0.240. The minimum Gasteiger partial charge on any atom is -0.394 e. The van der Waals surface area contributed by atoms with Gasteiger partial charge in [-0.1, -0.05) is 11.8 Å². The quantitative estimate of drug-likeness (QED) is 0.255. The van der Waals surface area contributed by atoms with Crippen molar-refractivity contribution in [1.29, 1.82) is 0 Å². The van der Waals surface area contributed by atoms with E-state index in [1.54, 1.807) is 11.8 Å². The summed E-state index contributed by atoms with van der Waals surface area (Å²) >= 11 is 1.78. The van der Waals surface area contributed by atoms with E-state index in [1.165, 1.54) is 20.7 Å². The smallest absolute Gasteiger partial charge is 0.394 e. The zero-order chi connectivity index (χ0) is 21.9. The third-order valence-electron chi connectivity index (χ3n) is 7.44. The number of aromatic nitrogens is 6. The first-order chi connectivity index (χ1) is 16.8. The minimum atomic E-state index is 0.240. The highest BCUT2D eigenvalue weighted by molar-refractivity contribution is 7.99. The van der Waals surface area contributed by atoms with Gasteiger partial charge in [0, 0.05) is 27.9 Å². The molecule has 0 radical (unpaired) electrons. The summed E-state index contributed by atoms with van der Waals surface area (Å²) in [7, 11) is 0. The van der Waals surface area contributed by atoms with E-state index < -0.39 is 0 Å². The fourth-order valence-electron chi connectivity index (χ4n) is 6.34. The molecule has 10 rings (SSSR count). The van der Waals surface area contributed by atoms with E-state index >= 15 is 0 Å². The molecule has 9 heteroatoms. The first-order valence-electron chi connectivity index (χ1n) is 11.2. The van der Waals surface area contributed by atoms with Crippen molar-refractivity contribution in [3.63, 3.8) is 0 Å². The van der Waals surface area contributed by atoms with E-state index in [0.717, 1.165) is 51.1 Å². The Morgan fingerprint density at radius 2 is 2.00 bits per heavy atom. The van der Waals surface area contributed by atoms with Crippen LogP contribution in [0.15, 0.2) is 76.9 Å². The molecule has 4 aliphatic rings. The van der Waals surface area contributed by atoms with Gasteiger partial charge in [-0.05, 0) is 43.3 Å². The Morgan fingerprint density at radius 3 is 2.97 bits per heavy atom. The summed E-state index contributed by atoms with van der Waals surface area (Å²) in [5.41, 5.74) is 7.65. The molecule has 1 spiro atoms. The van der Waals surface area contributed by atoms with E-state index in [2.05, 4.69) is 79.3 Å². The van der Waals surface area contributed by atoms with Gasteiger partial charge >= 0.3 is 22.9 Å². The Kier molecular flexibility index (Phi) is 2.34. The van der Waals surface area contributed by atoms with Gasteiger partial charge in [0.1, 0.15) is 4.68 Å². The first-order valence-corrected chi connectivity index (χ1v) is 12.0. The summed E-state index contributed by atoms with van der Waals surface area (Å²) in [6, 6.07) is 17.0. The van der Waals surface area contributed by atoms with E-state index in [-0.39, 0.29) is 4.81 Å². The molecule has 0 saturated heterocycles. The molecular formula is C25H14N7OS+3. The van der Waals surface area contributed by atoms with Crippen LogP contribution in [0.2, 0.25) is 0 Å². The van der Waals surface area contributed by atoms with Gasteiger partial charge in [-0.3, -0.25) is 4.98 Å². The summed E-state index contributed by atoms with van der Waals surface area (Å²) in [5, 5.41) is 7.40. The van der Waals surface area contributed by atoms with Crippen LogP contribution in [0, 0.1) is 6.92 Å².